The van der Waals surface area contributed by atoms with Crippen molar-refractivity contribution in [3.63, 3.8) is 0 Å². The number of ether oxygens (including phenoxy) is 1. The van der Waals surface area contributed by atoms with Crippen LogP contribution in [0.5, 0.6) is 0 Å². The third kappa shape index (κ3) is 3.49. The van der Waals surface area contributed by atoms with Crippen LogP contribution in [0.3, 0.4) is 0 Å². The number of anilines is 2. The maximum Gasteiger partial charge on any atom is 0.340 e. The minimum Gasteiger partial charge on any atom is -0.462 e. The van der Waals surface area contributed by atoms with E-state index in [1.54, 1.807) is 24.3 Å². The Bertz CT molecular complexity index is 642. The van der Waals surface area contributed by atoms with E-state index < -0.39 is 5.97 Å². The molecule has 0 fully saturated rings. The lowest BCUT2D eigenvalue weighted by atomic mass is 10.2. The first-order valence-electron chi connectivity index (χ1n) is 6.55. The Hall–Kier alpha value is -2.15. The second kappa shape index (κ2) is 6.53. The van der Waals surface area contributed by atoms with Gasteiger partial charge < -0.3 is 15.4 Å². The van der Waals surface area contributed by atoms with Crippen molar-refractivity contribution in [1.29, 1.82) is 0 Å². The molecule has 0 amide bonds. The van der Waals surface area contributed by atoms with Crippen molar-refractivity contribution in [2.45, 2.75) is 20.4 Å². The second-order valence-electron chi connectivity index (χ2n) is 4.57. The van der Waals surface area contributed by atoms with Gasteiger partial charge >= 0.3 is 5.97 Å². The summed E-state index contributed by atoms with van der Waals surface area (Å²) in [6, 6.07) is 1.66. The number of pyridine rings is 1. The summed E-state index contributed by atoms with van der Waals surface area (Å²) in [7, 11) is 1.91. The number of nitrogens with zero attached hydrogens (tertiary/aromatic N) is 3. The van der Waals surface area contributed by atoms with Gasteiger partial charge in [-0.15, -0.1) is 11.3 Å². The molecule has 0 aliphatic carbocycles. The zero-order valence-corrected chi connectivity index (χ0v) is 13.1. The van der Waals surface area contributed by atoms with Gasteiger partial charge in [-0.1, -0.05) is 0 Å². The third-order valence-corrected chi connectivity index (χ3v) is 3.95. The highest BCUT2D eigenvalue weighted by atomic mass is 32.1. The van der Waals surface area contributed by atoms with Crippen molar-refractivity contribution in [2.24, 2.45) is 0 Å². The fraction of sp³-hybridized carbons (Fsp3) is 0.357. The molecular formula is C14H18N4O2S. The number of rotatable bonds is 5. The summed E-state index contributed by atoms with van der Waals surface area (Å²) in [5.41, 5.74) is 9.28. The van der Waals surface area contributed by atoms with Crippen LogP contribution in [-0.2, 0) is 11.3 Å². The van der Waals surface area contributed by atoms with E-state index in [2.05, 4.69) is 9.97 Å². The Kier molecular flexibility index (Phi) is 4.74. The Morgan fingerprint density at radius 2 is 2.24 bits per heavy atom. The summed E-state index contributed by atoms with van der Waals surface area (Å²) in [4.78, 5) is 23.5. The van der Waals surface area contributed by atoms with Gasteiger partial charge in [0, 0.05) is 11.9 Å². The molecule has 0 aliphatic heterocycles. The predicted molar refractivity (Wildman–Crippen MR) is 83.6 cm³/mol. The lowest BCUT2D eigenvalue weighted by molar-refractivity contribution is 0.0527. The highest BCUT2D eigenvalue weighted by Crippen LogP contribution is 2.21. The number of hydrogen-bond acceptors (Lipinski definition) is 7. The van der Waals surface area contributed by atoms with Crippen LogP contribution in [0, 0.1) is 6.92 Å². The molecule has 0 saturated carbocycles. The Balaban J connectivity index is 2.22. The summed E-state index contributed by atoms with van der Waals surface area (Å²) in [6.07, 6.45) is 1.48. The van der Waals surface area contributed by atoms with E-state index in [0.717, 1.165) is 10.6 Å². The van der Waals surface area contributed by atoms with Gasteiger partial charge in [-0.25, -0.2) is 14.8 Å². The molecule has 2 heterocycles. The molecule has 0 aliphatic rings. The fourth-order valence-corrected chi connectivity index (χ4v) is 2.65. The van der Waals surface area contributed by atoms with Crippen LogP contribution in [0.1, 0.15) is 27.9 Å². The molecule has 0 saturated heterocycles. The van der Waals surface area contributed by atoms with Gasteiger partial charge in [0.2, 0.25) is 0 Å². The maximum absolute atomic E-state index is 11.9. The average Bonchev–Trinajstić information content (AvgIpc) is 2.85. The third-order valence-electron chi connectivity index (χ3n) is 3.03. The van der Waals surface area contributed by atoms with E-state index in [9.17, 15) is 4.79 Å². The number of esters is 1. The van der Waals surface area contributed by atoms with E-state index in [1.807, 2.05) is 24.4 Å². The lowest BCUT2D eigenvalue weighted by Gasteiger charge is -2.18. The first kappa shape index (κ1) is 15.2. The van der Waals surface area contributed by atoms with Gasteiger partial charge in [0.25, 0.3) is 0 Å². The summed E-state index contributed by atoms with van der Waals surface area (Å²) in [5, 5.41) is 0. The van der Waals surface area contributed by atoms with Gasteiger partial charge in [-0.05, 0) is 19.9 Å². The molecule has 0 atom stereocenters. The SMILES string of the molecule is CCOC(=O)c1cc(N(C)Cc2scnc2C)ncc1N. The minimum absolute atomic E-state index is 0.311. The number of aryl methyl sites for hydroxylation is 1. The van der Waals surface area contributed by atoms with Crippen molar-refractivity contribution in [1.82, 2.24) is 9.97 Å². The molecular weight excluding hydrogens is 288 g/mol. The quantitative estimate of drug-likeness (QED) is 0.853. The molecule has 0 spiro atoms. The standard InChI is InChI=1S/C14H18N4O2S/c1-4-20-14(19)10-5-13(16-6-11(10)15)18(3)7-12-9(2)17-8-21-12/h5-6,8H,4,7,15H2,1-3H3. The zero-order chi connectivity index (χ0) is 15.4. The molecule has 2 aromatic heterocycles. The molecule has 7 heteroatoms. The number of thiazole rings is 1. The zero-order valence-electron chi connectivity index (χ0n) is 12.3. The highest BCUT2D eigenvalue weighted by molar-refractivity contribution is 7.09. The first-order chi connectivity index (χ1) is 10.0. The van der Waals surface area contributed by atoms with Gasteiger partial charge in [0.05, 0.1) is 41.8 Å². The van der Waals surface area contributed by atoms with Gasteiger partial charge in [0.1, 0.15) is 5.82 Å². The van der Waals surface area contributed by atoms with E-state index >= 15 is 0 Å². The largest absolute Gasteiger partial charge is 0.462 e. The summed E-state index contributed by atoms with van der Waals surface area (Å²) < 4.78 is 5.00. The molecule has 6 nitrogen and oxygen atoms in total. The number of carbonyl (C=O) groups is 1. The Morgan fingerprint density at radius 1 is 1.48 bits per heavy atom. The summed E-state index contributed by atoms with van der Waals surface area (Å²) in [5.74, 6) is 0.237. The molecule has 2 N–H and O–H groups in total. The number of nitrogen functional groups attached to an aromatic ring is 1. The minimum atomic E-state index is -0.430. The van der Waals surface area contributed by atoms with E-state index in [0.29, 0.717) is 30.2 Å². The Labute approximate surface area is 127 Å². The monoisotopic (exact) mass is 306 g/mol. The summed E-state index contributed by atoms with van der Waals surface area (Å²) in [6.45, 7) is 4.72. The molecule has 112 valence electrons. The van der Waals surface area contributed by atoms with Crippen LogP contribution < -0.4 is 10.6 Å². The van der Waals surface area contributed by atoms with E-state index in [4.69, 9.17) is 10.5 Å². The maximum atomic E-state index is 11.9. The van der Waals surface area contributed by atoms with Gasteiger partial charge in [-0.2, -0.15) is 0 Å². The van der Waals surface area contributed by atoms with Crippen LogP contribution >= 0.6 is 11.3 Å². The Morgan fingerprint density at radius 3 is 2.86 bits per heavy atom. The molecule has 0 bridgehead atoms. The van der Waals surface area contributed by atoms with Crippen molar-refractivity contribution < 1.29 is 9.53 Å². The molecule has 2 rings (SSSR count). The van der Waals surface area contributed by atoms with Gasteiger partial charge in [-0.3, -0.25) is 0 Å². The van der Waals surface area contributed by atoms with Crippen molar-refractivity contribution in [3.05, 3.63) is 33.9 Å². The van der Waals surface area contributed by atoms with Crippen molar-refractivity contribution >= 4 is 28.8 Å². The average molecular weight is 306 g/mol. The lowest BCUT2D eigenvalue weighted by Crippen LogP contribution is -2.19. The predicted octanol–water partition coefficient (Wildman–Crippen LogP) is 2.24. The van der Waals surface area contributed by atoms with Crippen LogP contribution in [0.25, 0.3) is 0 Å². The number of carbonyl (C=O) groups excluding carboxylic acids is 1. The van der Waals surface area contributed by atoms with Crippen LogP contribution in [-0.4, -0.2) is 29.6 Å². The first-order valence-corrected chi connectivity index (χ1v) is 7.43. The molecule has 0 radical (unpaired) electrons. The fourth-order valence-electron chi connectivity index (χ4n) is 1.82. The smallest absolute Gasteiger partial charge is 0.340 e. The molecule has 0 unspecified atom stereocenters. The number of hydrogen-bond donors (Lipinski definition) is 1. The van der Waals surface area contributed by atoms with E-state index in [-0.39, 0.29) is 0 Å². The second-order valence-corrected chi connectivity index (χ2v) is 5.51. The topological polar surface area (TPSA) is 81.3 Å². The van der Waals surface area contributed by atoms with E-state index in [1.165, 1.54) is 6.20 Å². The van der Waals surface area contributed by atoms with Gasteiger partial charge in [0.15, 0.2) is 0 Å². The van der Waals surface area contributed by atoms with Crippen molar-refractivity contribution in [2.75, 3.05) is 24.3 Å². The van der Waals surface area contributed by atoms with Crippen LogP contribution in [0.4, 0.5) is 11.5 Å². The van der Waals surface area contributed by atoms with Crippen molar-refractivity contribution in [3.8, 4) is 0 Å². The molecule has 2 aromatic rings. The van der Waals surface area contributed by atoms with Crippen LogP contribution in [0.2, 0.25) is 0 Å². The summed E-state index contributed by atoms with van der Waals surface area (Å²) >= 11 is 1.60. The van der Waals surface area contributed by atoms with Crippen LogP contribution in [0.15, 0.2) is 17.8 Å². The normalized spacial score (nSPS) is 10.4. The molecule has 21 heavy (non-hydrogen) atoms. The number of nitrogens with two attached hydrogens (primary N) is 1. The number of aromatic nitrogens is 2. The molecule has 0 aromatic carbocycles. The highest BCUT2D eigenvalue weighted by Gasteiger charge is 2.15.